The molecule has 1 atom stereocenters. The van der Waals surface area contributed by atoms with Gasteiger partial charge in [0.1, 0.15) is 5.82 Å². The maximum atomic E-state index is 14.0. The summed E-state index contributed by atoms with van der Waals surface area (Å²) in [5, 5.41) is 6.11. The summed E-state index contributed by atoms with van der Waals surface area (Å²) in [4.78, 5) is 1.32. The van der Waals surface area contributed by atoms with E-state index in [-0.39, 0.29) is 11.9 Å². The minimum absolute atomic E-state index is 0.163. The van der Waals surface area contributed by atoms with Gasteiger partial charge in [0, 0.05) is 15.9 Å². The predicted octanol–water partition coefficient (Wildman–Crippen LogP) is 5.39. The van der Waals surface area contributed by atoms with Gasteiger partial charge < -0.3 is 5.32 Å². The van der Waals surface area contributed by atoms with Crippen molar-refractivity contribution in [2.75, 3.05) is 6.54 Å². The highest BCUT2D eigenvalue weighted by Crippen LogP contribution is 2.29. The third-order valence-electron chi connectivity index (χ3n) is 3.56. The highest BCUT2D eigenvalue weighted by molar-refractivity contribution is 7.10. The Hall–Kier alpha value is -0.900. The standard InChI is InChI=1S/C17H21ClFNS/c1-3-8-20-16(17-12(4-2)7-9-21-17)10-13-5-6-14(18)11-15(13)19/h5-7,9,11,16,20H,3-4,8,10H2,1-2H3. The Labute approximate surface area is 135 Å². The van der Waals surface area contributed by atoms with Gasteiger partial charge >= 0.3 is 0 Å². The average molecular weight is 326 g/mol. The number of hydrogen-bond donors (Lipinski definition) is 1. The van der Waals surface area contributed by atoms with Crippen molar-refractivity contribution < 1.29 is 4.39 Å². The van der Waals surface area contributed by atoms with Crippen molar-refractivity contribution in [3.63, 3.8) is 0 Å². The van der Waals surface area contributed by atoms with Crippen molar-refractivity contribution >= 4 is 22.9 Å². The quantitative estimate of drug-likeness (QED) is 0.720. The second-order valence-corrected chi connectivity index (χ2v) is 6.49. The maximum Gasteiger partial charge on any atom is 0.127 e. The van der Waals surface area contributed by atoms with Gasteiger partial charge in [-0.15, -0.1) is 11.3 Å². The van der Waals surface area contributed by atoms with E-state index >= 15 is 0 Å². The van der Waals surface area contributed by atoms with Gasteiger partial charge in [0.15, 0.2) is 0 Å². The molecule has 2 aromatic rings. The molecule has 0 fully saturated rings. The fourth-order valence-electron chi connectivity index (χ4n) is 2.43. The predicted molar refractivity (Wildman–Crippen MR) is 89.8 cm³/mol. The summed E-state index contributed by atoms with van der Waals surface area (Å²) in [6.07, 6.45) is 2.72. The van der Waals surface area contributed by atoms with Crippen molar-refractivity contribution in [1.29, 1.82) is 0 Å². The monoisotopic (exact) mass is 325 g/mol. The fourth-order valence-corrected chi connectivity index (χ4v) is 3.66. The van der Waals surface area contributed by atoms with Crippen LogP contribution in [0.25, 0.3) is 0 Å². The van der Waals surface area contributed by atoms with Crippen molar-refractivity contribution in [2.24, 2.45) is 0 Å². The lowest BCUT2D eigenvalue weighted by Crippen LogP contribution is -2.24. The molecule has 4 heteroatoms. The zero-order valence-corrected chi connectivity index (χ0v) is 14.0. The lowest BCUT2D eigenvalue weighted by molar-refractivity contribution is 0.517. The molecule has 0 saturated carbocycles. The summed E-state index contributed by atoms with van der Waals surface area (Å²) in [5.41, 5.74) is 2.06. The molecule has 1 N–H and O–H groups in total. The average Bonchev–Trinajstić information content (AvgIpc) is 2.94. The number of aryl methyl sites for hydroxylation is 1. The van der Waals surface area contributed by atoms with Crippen LogP contribution in [-0.4, -0.2) is 6.54 Å². The third kappa shape index (κ3) is 4.29. The molecule has 2 rings (SSSR count). The van der Waals surface area contributed by atoms with E-state index in [1.54, 1.807) is 23.5 Å². The number of benzene rings is 1. The van der Waals surface area contributed by atoms with Gasteiger partial charge in [-0.1, -0.05) is 31.5 Å². The Morgan fingerprint density at radius 3 is 2.71 bits per heavy atom. The Morgan fingerprint density at radius 1 is 1.24 bits per heavy atom. The summed E-state index contributed by atoms with van der Waals surface area (Å²) in [7, 11) is 0. The lowest BCUT2D eigenvalue weighted by atomic mass is 10.0. The van der Waals surface area contributed by atoms with Gasteiger partial charge in [0.2, 0.25) is 0 Å². The van der Waals surface area contributed by atoms with E-state index in [0.717, 1.165) is 19.4 Å². The summed E-state index contributed by atoms with van der Waals surface area (Å²) >= 11 is 7.58. The molecule has 1 aromatic heterocycles. The van der Waals surface area contributed by atoms with Crippen LogP contribution in [0.5, 0.6) is 0 Å². The molecule has 0 amide bonds. The van der Waals surface area contributed by atoms with Gasteiger partial charge in [-0.3, -0.25) is 0 Å². The van der Waals surface area contributed by atoms with E-state index in [0.29, 0.717) is 17.0 Å². The lowest BCUT2D eigenvalue weighted by Gasteiger charge is -2.19. The molecule has 0 aliphatic carbocycles. The second kappa shape index (κ2) is 7.92. The molecule has 0 aliphatic heterocycles. The fraction of sp³-hybridized carbons (Fsp3) is 0.412. The number of hydrogen-bond acceptors (Lipinski definition) is 2. The Bertz CT molecular complexity index is 582. The smallest absolute Gasteiger partial charge is 0.127 e. The van der Waals surface area contributed by atoms with Crippen LogP contribution in [0.15, 0.2) is 29.6 Å². The molecule has 21 heavy (non-hydrogen) atoms. The van der Waals surface area contributed by atoms with Crippen LogP contribution in [0.3, 0.4) is 0 Å². The van der Waals surface area contributed by atoms with Crippen molar-refractivity contribution in [3.05, 3.63) is 56.5 Å². The number of rotatable bonds is 7. The molecule has 1 nitrogen and oxygen atoms in total. The molecular weight excluding hydrogens is 305 g/mol. The number of nitrogens with one attached hydrogen (secondary N) is 1. The minimum atomic E-state index is -0.222. The van der Waals surface area contributed by atoms with Crippen molar-refractivity contribution in [2.45, 2.75) is 39.2 Å². The van der Waals surface area contributed by atoms with Gasteiger partial charge in [0.25, 0.3) is 0 Å². The van der Waals surface area contributed by atoms with E-state index in [1.807, 2.05) is 0 Å². The molecule has 0 radical (unpaired) electrons. The largest absolute Gasteiger partial charge is 0.309 e. The van der Waals surface area contributed by atoms with Crippen LogP contribution in [-0.2, 0) is 12.8 Å². The Kier molecular flexibility index (Phi) is 6.22. The summed E-state index contributed by atoms with van der Waals surface area (Å²) in [6.45, 7) is 5.23. The van der Waals surface area contributed by atoms with Crippen molar-refractivity contribution in [1.82, 2.24) is 5.32 Å². The topological polar surface area (TPSA) is 12.0 Å². The minimum Gasteiger partial charge on any atom is -0.309 e. The van der Waals surface area contributed by atoms with Crippen LogP contribution in [0.4, 0.5) is 4.39 Å². The van der Waals surface area contributed by atoms with Crippen LogP contribution >= 0.6 is 22.9 Å². The van der Waals surface area contributed by atoms with Crippen LogP contribution in [0, 0.1) is 5.82 Å². The molecule has 0 aliphatic rings. The molecule has 1 aromatic carbocycles. The molecule has 1 unspecified atom stereocenters. The van der Waals surface area contributed by atoms with Crippen LogP contribution in [0.2, 0.25) is 5.02 Å². The number of halogens is 2. The first-order valence-electron chi connectivity index (χ1n) is 7.39. The van der Waals surface area contributed by atoms with Gasteiger partial charge in [-0.2, -0.15) is 0 Å². The highest BCUT2D eigenvalue weighted by atomic mass is 35.5. The first kappa shape index (κ1) is 16.5. The maximum absolute atomic E-state index is 14.0. The molecule has 1 heterocycles. The first-order valence-corrected chi connectivity index (χ1v) is 8.65. The zero-order valence-electron chi connectivity index (χ0n) is 12.5. The Balaban J connectivity index is 2.24. The van der Waals surface area contributed by atoms with E-state index in [4.69, 9.17) is 11.6 Å². The molecule has 0 saturated heterocycles. The van der Waals surface area contributed by atoms with E-state index in [1.165, 1.54) is 16.5 Å². The van der Waals surface area contributed by atoms with Crippen LogP contribution < -0.4 is 5.32 Å². The molecular formula is C17H21ClFNS. The number of thiophene rings is 1. The van der Waals surface area contributed by atoms with Crippen LogP contribution in [0.1, 0.15) is 42.3 Å². The Morgan fingerprint density at radius 2 is 2.05 bits per heavy atom. The molecule has 0 spiro atoms. The first-order chi connectivity index (χ1) is 10.2. The van der Waals surface area contributed by atoms with Gasteiger partial charge in [-0.25, -0.2) is 4.39 Å². The van der Waals surface area contributed by atoms with Gasteiger partial charge in [0.05, 0.1) is 0 Å². The zero-order chi connectivity index (χ0) is 15.2. The third-order valence-corrected chi connectivity index (χ3v) is 4.87. The molecule has 114 valence electrons. The summed E-state index contributed by atoms with van der Waals surface area (Å²) < 4.78 is 14.0. The van der Waals surface area contributed by atoms with E-state index < -0.39 is 0 Å². The SMILES string of the molecule is CCCNC(Cc1ccc(Cl)cc1F)c1sccc1CC. The summed E-state index contributed by atoms with van der Waals surface area (Å²) in [5.74, 6) is -0.222. The highest BCUT2D eigenvalue weighted by Gasteiger charge is 2.18. The normalized spacial score (nSPS) is 12.6. The van der Waals surface area contributed by atoms with E-state index in [9.17, 15) is 4.39 Å². The van der Waals surface area contributed by atoms with Gasteiger partial charge in [-0.05, 0) is 60.5 Å². The van der Waals surface area contributed by atoms with Crippen molar-refractivity contribution in [3.8, 4) is 0 Å². The second-order valence-electron chi connectivity index (χ2n) is 5.11. The van der Waals surface area contributed by atoms with E-state index in [2.05, 4.69) is 30.6 Å². The molecule has 0 bridgehead atoms. The summed E-state index contributed by atoms with van der Waals surface area (Å²) in [6, 6.07) is 7.27.